The number of benzene rings is 5. The lowest BCUT2D eigenvalue weighted by Crippen LogP contribution is -2.57. The number of phenolic OH excluding ortho intramolecular Hbond substituents is 1. The molecule has 0 aliphatic carbocycles. The van der Waals surface area contributed by atoms with Crippen molar-refractivity contribution in [3.63, 3.8) is 0 Å². The van der Waals surface area contributed by atoms with Gasteiger partial charge in [-0.15, -0.1) is 0 Å². The maximum atomic E-state index is 14.7. The van der Waals surface area contributed by atoms with Crippen molar-refractivity contribution in [1.82, 2.24) is 26.2 Å². The van der Waals surface area contributed by atoms with E-state index in [0.717, 1.165) is 27.5 Å². The Balaban J connectivity index is 1.17. The Kier molecular flexibility index (Phi) is 14.6. The van der Waals surface area contributed by atoms with E-state index in [-0.39, 0.29) is 57.9 Å². The molecular weight excluding hydrogens is 751 g/mol. The van der Waals surface area contributed by atoms with Crippen molar-refractivity contribution in [1.29, 1.82) is 0 Å². The number of fused-ring (bicyclic) bond motifs is 1. The molecule has 13 nitrogen and oxygen atoms in total. The second-order valence-electron chi connectivity index (χ2n) is 14.5. The van der Waals surface area contributed by atoms with E-state index in [1.54, 1.807) is 12.1 Å². The molecule has 1 heterocycles. The summed E-state index contributed by atoms with van der Waals surface area (Å²) < 4.78 is 11.6. The zero-order valence-electron chi connectivity index (χ0n) is 32.8. The molecule has 6 rings (SSSR count). The van der Waals surface area contributed by atoms with Crippen LogP contribution in [-0.2, 0) is 54.7 Å². The van der Waals surface area contributed by atoms with Crippen LogP contribution in [0.3, 0.4) is 0 Å². The summed E-state index contributed by atoms with van der Waals surface area (Å²) in [5.74, 6) is -1.89. The molecule has 1 aliphatic rings. The zero-order valence-corrected chi connectivity index (χ0v) is 32.8. The van der Waals surface area contributed by atoms with Gasteiger partial charge in [0.2, 0.25) is 23.6 Å². The van der Waals surface area contributed by atoms with Gasteiger partial charge in [0.15, 0.2) is 0 Å². The van der Waals surface area contributed by atoms with Crippen LogP contribution in [0.4, 0.5) is 4.79 Å². The first-order valence-corrected chi connectivity index (χ1v) is 19.6. The Hall–Kier alpha value is -6.73. The molecule has 0 spiro atoms. The third-order valence-corrected chi connectivity index (χ3v) is 10.0. The summed E-state index contributed by atoms with van der Waals surface area (Å²) in [6, 6.07) is 35.7. The number of likely N-dealkylation sites (tertiary alicyclic amines) is 1. The highest BCUT2D eigenvalue weighted by atomic mass is 16.5. The standard InChI is InChI=1S/C46H49N5O8/c1-31(52)49-40(25-33-17-20-38(53)21-18-33)43(54)50-41(26-32-10-4-2-5-11-32)45(56)51-28-39(58-30-35-16-19-36-14-8-9-15-37(36)24-35)27-42(51)44(55)47-22-23-48-46(57)59-29-34-12-6-3-7-13-34/h2-21,24,39-42,53H,22-23,25-30H2,1H3,(H,47,55)(H,48,57)(H,49,52)(H,50,54)/t39-,40-,41-,42-/m1/s1. The molecule has 5 aromatic carbocycles. The molecule has 5 amide bonds. The van der Waals surface area contributed by atoms with Crippen LogP contribution in [0.25, 0.3) is 10.8 Å². The Labute approximate surface area is 343 Å². The van der Waals surface area contributed by atoms with Gasteiger partial charge in [-0.25, -0.2) is 4.79 Å². The Bertz CT molecular complexity index is 2200. The number of aromatic hydroxyl groups is 1. The molecule has 0 unspecified atom stereocenters. The molecule has 0 bridgehead atoms. The Morgan fingerprint density at radius 3 is 2.00 bits per heavy atom. The van der Waals surface area contributed by atoms with Gasteiger partial charge in [0.1, 0.15) is 30.5 Å². The molecule has 0 saturated carbocycles. The number of amides is 5. The first kappa shape index (κ1) is 41.9. The van der Waals surface area contributed by atoms with Crippen molar-refractivity contribution in [3.8, 4) is 5.75 Å². The maximum absolute atomic E-state index is 14.7. The van der Waals surface area contributed by atoms with E-state index in [4.69, 9.17) is 9.47 Å². The quantitative estimate of drug-likeness (QED) is 0.0852. The van der Waals surface area contributed by atoms with E-state index in [1.807, 2.05) is 103 Å². The topological polar surface area (TPSA) is 175 Å². The molecule has 59 heavy (non-hydrogen) atoms. The fourth-order valence-electron chi connectivity index (χ4n) is 7.04. The van der Waals surface area contributed by atoms with Gasteiger partial charge in [-0.2, -0.15) is 0 Å². The van der Waals surface area contributed by atoms with Crippen LogP contribution in [0.1, 0.15) is 35.6 Å². The van der Waals surface area contributed by atoms with E-state index in [0.29, 0.717) is 5.56 Å². The lowest BCUT2D eigenvalue weighted by atomic mass is 10.0. The lowest BCUT2D eigenvalue weighted by Gasteiger charge is -2.30. The van der Waals surface area contributed by atoms with Crippen LogP contribution in [0, 0.1) is 0 Å². The maximum Gasteiger partial charge on any atom is 0.407 e. The first-order chi connectivity index (χ1) is 28.6. The molecule has 5 N–H and O–H groups in total. The Morgan fingerprint density at radius 2 is 1.29 bits per heavy atom. The van der Waals surface area contributed by atoms with Crippen LogP contribution in [0.2, 0.25) is 0 Å². The summed E-state index contributed by atoms with van der Waals surface area (Å²) in [5.41, 5.74) is 3.23. The molecule has 4 atom stereocenters. The highest BCUT2D eigenvalue weighted by Gasteiger charge is 2.43. The van der Waals surface area contributed by atoms with Crippen LogP contribution in [0.5, 0.6) is 5.75 Å². The van der Waals surface area contributed by atoms with Crippen molar-refractivity contribution >= 4 is 40.5 Å². The predicted molar refractivity (Wildman–Crippen MR) is 222 cm³/mol. The number of hydrogen-bond donors (Lipinski definition) is 5. The normalized spacial score (nSPS) is 15.8. The molecule has 306 valence electrons. The average Bonchev–Trinajstić information content (AvgIpc) is 3.68. The Morgan fingerprint density at radius 1 is 0.678 bits per heavy atom. The number of rotatable bonds is 17. The number of carbonyl (C=O) groups is 5. The third-order valence-electron chi connectivity index (χ3n) is 10.0. The van der Waals surface area contributed by atoms with Crippen LogP contribution in [-0.4, -0.2) is 83.6 Å². The second kappa shape index (κ2) is 20.6. The van der Waals surface area contributed by atoms with Gasteiger partial charge in [0, 0.05) is 45.8 Å². The molecule has 0 aromatic heterocycles. The van der Waals surface area contributed by atoms with Crippen LogP contribution >= 0.6 is 0 Å². The molecular formula is C46H49N5O8. The zero-order chi connectivity index (χ0) is 41.6. The van der Waals surface area contributed by atoms with E-state index < -0.39 is 54.0 Å². The number of nitrogens with one attached hydrogen (secondary N) is 4. The summed E-state index contributed by atoms with van der Waals surface area (Å²) in [7, 11) is 0. The number of carbonyl (C=O) groups excluding carboxylic acids is 5. The smallest absolute Gasteiger partial charge is 0.407 e. The first-order valence-electron chi connectivity index (χ1n) is 19.6. The van der Waals surface area contributed by atoms with Crippen LogP contribution < -0.4 is 21.3 Å². The molecule has 1 saturated heterocycles. The summed E-state index contributed by atoms with van der Waals surface area (Å²) in [4.78, 5) is 68.6. The fraction of sp³-hybridized carbons (Fsp3) is 0.283. The minimum atomic E-state index is -1.11. The summed E-state index contributed by atoms with van der Waals surface area (Å²) >= 11 is 0. The van der Waals surface area contributed by atoms with E-state index in [2.05, 4.69) is 21.3 Å². The molecule has 1 aliphatic heterocycles. The van der Waals surface area contributed by atoms with Gasteiger partial charge < -0.3 is 40.7 Å². The third kappa shape index (κ3) is 12.4. The second-order valence-corrected chi connectivity index (χ2v) is 14.5. The number of ether oxygens (including phenoxy) is 2. The lowest BCUT2D eigenvalue weighted by molar-refractivity contribution is -0.142. The molecule has 0 radical (unpaired) electrons. The highest BCUT2D eigenvalue weighted by molar-refractivity contribution is 5.95. The minimum Gasteiger partial charge on any atom is -0.508 e. The van der Waals surface area contributed by atoms with Crippen molar-refractivity contribution in [2.75, 3.05) is 19.6 Å². The van der Waals surface area contributed by atoms with Gasteiger partial charge in [-0.05, 0) is 51.2 Å². The van der Waals surface area contributed by atoms with Gasteiger partial charge in [-0.1, -0.05) is 109 Å². The van der Waals surface area contributed by atoms with Crippen molar-refractivity contribution in [2.45, 2.75) is 63.6 Å². The van der Waals surface area contributed by atoms with E-state index in [9.17, 15) is 29.1 Å². The molecule has 13 heteroatoms. The van der Waals surface area contributed by atoms with Gasteiger partial charge in [0.05, 0.1) is 12.7 Å². The molecule has 1 fully saturated rings. The highest BCUT2D eigenvalue weighted by Crippen LogP contribution is 2.25. The van der Waals surface area contributed by atoms with Gasteiger partial charge in [-0.3, -0.25) is 19.2 Å². The minimum absolute atomic E-state index is 0.0594. The summed E-state index contributed by atoms with van der Waals surface area (Å²) in [5, 5.41) is 23.0. The van der Waals surface area contributed by atoms with Crippen molar-refractivity contribution < 1.29 is 38.6 Å². The van der Waals surface area contributed by atoms with Crippen molar-refractivity contribution in [2.24, 2.45) is 0 Å². The monoisotopic (exact) mass is 799 g/mol. The molecule has 5 aromatic rings. The van der Waals surface area contributed by atoms with E-state index in [1.165, 1.54) is 24.0 Å². The van der Waals surface area contributed by atoms with Crippen LogP contribution in [0.15, 0.2) is 127 Å². The fourth-order valence-corrected chi connectivity index (χ4v) is 7.04. The number of hydrogen-bond acceptors (Lipinski definition) is 8. The average molecular weight is 800 g/mol. The largest absolute Gasteiger partial charge is 0.508 e. The summed E-state index contributed by atoms with van der Waals surface area (Å²) in [6.45, 7) is 1.89. The number of alkyl carbamates (subject to hydrolysis) is 1. The summed E-state index contributed by atoms with van der Waals surface area (Å²) in [6.07, 6.45) is -0.739. The van der Waals surface area contributed by atoms with Gasteiger partial charge >= 0.3 is 6.09 Å². The predicted octanol–water partition coefficient (Wildman–Crippen LogP) is 4.55. The SMILES string of the molecule is CC(=O)N[C@H](Cc1ccc(O)cc1)C(=O)N[C@H](Cc1ccccc1)C(=O)N1C[C@H](OCc2ccc3ccccc3c2)C[C@@H]1C(=O)NCCNC(=O)OCc1ccccc1. The van der Waals surface area contributed by atoms with E-state index >= 15 is 0 Å². The number of nitrogens with zero attached hydrogens (tertiary/aromatic N) is 1. The van der Waals surface area contributed by atoms with Gasteiger partial charge in [0.25, 0.3) is 0 Å². The number of phenols is 1. The van der Waals surface area contributed by atoms with Crippen molar-refractivity contribution in [3.05, 3.63) is 150 Å².